The van der Waals surface area contributed by atoms with Crippen LogP contribution < -0.4 is 16.4 Å². The Kier molecular flexibility index (Phi) is 4.73. The van der Waals surface area contributed by atoms with Gasteiger partial charge in [-0.2, -0.15) is 0 Å². The summed E-state index contributed by atoms with van der Waals surface area (Å²) < 4.78 is 0. The van der Waals surface area contributed by atoms with Gasteiger partial charge in [0.15, 0.2) is 0 Å². The van der Waals surface area contributed by atoms with Crippen molar-refractivity contribution in [1.29, 1.82) is 0 Å². The average molecular weight is 199 g/mol. The molecule has 0 aromatic carbocycles. The van der Waals surface area contributed by atoms with E-state index in [4.69, 9.17) is 5.73 Å². The minimum absolute atomic E-state index is 0.0778. The van der Waals surface area contributed by atoms with Crippen molar-refractivity contribution in [2.24, 2.45) is 17.6 Å². The van der Waals surface area contributed by atoms with Gasteiger partial charge in [-0.25, -0.2) is 4.79 Å². The van der Waals surface area contributed by atoms with E-state index in [1.54, 1.807) is 7.05 Å². The van der Waals surface area contributed by atoms with Gasteiger partial charge in [0.05, 0.1) is 0 Å². The lowest BCUT2D eigenvalue weighted by Gasteiger charge is -2.27. The maximum atomic E-state index is 10.9. The quantitative estimate of drug-likeness (QED) is 0.625. The SMILES string of the molecule is CNC(=O)NCC1CCC(CN)CC1. The van der Waals surface area contributed by atoms with Crippen LogP contribution in [0.25, 0.3) is 0 Å². The van der Waals surface area contributed by atoms with Crippen molar-refractivity contribution in [3.05, 3.63) is 0 Å². The van der Waals surface area contributed by atoms with Crippen LogP contribution in [0.3, 0.4) is 0 Å². The number of carbonyl (C=O) groups excluding carboxylic acids is 1. The van der Waals surface area contributed by atoms with E-state index in [9.17, 15) is 4.79 Å². The van der Waals surface area contributed by atoms with Crippen LogP contribution in [0.1, 0.15) is 25.7 Å². The molecule has 0 aliphatic heterocycles. The van der Waals surface area contributed by atoms with E-state index < -0.39 is 0 Å². The second kappa shape index (κ2) is 5.86. The van der Waals surface area contributed by atoms with Gasteiger partial charge < -0.3 is 16.4 Å². The molecule has 0 bridgehead atoms. The maximum absolute atomic E-state index is 10.9. The minimum Gasteiger partial charge on any atom is -0.341 e. The fourth-order valence-corrected chi connectivity index (χ4v) is 2.00. The zero-order chi connectivity index (χ0) is 10.4. The Morgan fingerprint density at radius 3 is 2.36 bits per heavy atom. The molecule has 0 radical (unpaired) electrons. The Labute approximate surface area is 85.6 Å². The predicted octanol–water partition coefficient (Wildman–Crippen LogP) is 0.680. The summed E-state index contributed by atoms with van der Waals surface area (Å²) in [6, 6.07) is -0.0778. The standard InChI is InChI=1S/C10H21N3O/c1-12-10(14)13-7-9-4-2-8(6-11)3-5-9/h8-9H,2-7,11H2,1H3,(H2,12,13,14). The highest BCUT2D eigenvalue weighted by Gasteiger charge is 2.20. The first-order chi connectivity index (χ1) is 6.76. The van der Waals surface area contributed by atoms with Crippen LogP contribution >= 0.6 is 0 Å². The Hall–Kier alpha value is -0.770. The summed E-state index contributed by atoms with van der Waals surface area (Å²) in [5.74, 6) is 1.36. The van der Waals surface area contributed by atoms with Gasteiger partial charge in [0.1, 0.15) is 0 Å². The Balaban J connectivity index is 2.13. The molecule has 0 atom stereocenters. The molecule has 82 valence electrons. The summed E-state index contributed by atoms with van der Waals surface area (Å²) >= 11 is 0. The monoisotopic (exact) mass is 199 g/mol. The summed E-state index contributed by atoms with van der Waals surface area (Å²) in [5, 5.41) is 5.41. The maximum Gasteiger partial charge on any atom is 0.314 e. The van der Waals surface area contributed by atoms with Crippen molar-refractivity contribution < 1.29 is 4.79 Å². The third-order valence-electron chi connectivity index (χ3n) is 3.08. The number of rotatable bonds is 3. The first-order valence-corrected chi connectivity index (χ1v) is 5.42. The molecule has 0 spiro atoms. The van der Waals surface area contributed by atoms with Gasteiger partial charge in [0, 0.05) is 13.6 Å². The lowest BCUT2D eigenvalue weighted by atomic mass is 9.82. The van der Waals surface area contributed by atoms with Crippen molar-refractivity contribution in [1.82, 2.24) is 10.6 Å². The summed E-state index contributed by atoms with van der Waals surface area (Å²) in [4.78, 5) is 10.9. The van der Waals surface area contributed by atoms with Gasteiger partial charge in [-0.15, -0.1) is 0 Å². The fraction of sp³-hybridized carbons (Fsp3) is 0.900. The largest absolute Gasteiger partial charge is 0.341 e. The highest BCUT2D eigenvalue weighted by Crippen LogP contribution is 2.27. The van der Waals surface area contributed by atoms with E-state index >= 15 is 0 Å². The van der Waals surface area contributed by atoms with Crippen molar-refractivity contribution in [2.45, 2.75) is 25.7 Å². The number of amides is 2. The molecule has 1 rings (SSSR count). The van der Waals surface area contributed by atoms with Gasteiger partial charge in [-0.05, 0) is 44.1 Å². The van der Waals surface area contributed by atoms with Gasteiger partial charge in [0.2, 0.25) is 0 Å². The third kappa shape index (κ3) is 3.54. The summed E-state index contributed by atoms with van der Waals surface area (Å²) in [7, 11) is 1.64. The normalized spacial score (nSPS) is 27.0. The van der Waals surface area contributed by atoms with Crippen LogP contribution in [0.2, 0.25) is 0 Å². The molecule has 1 aliphatic rings. The van der Waals surface area contributed by atoms with E-state index in [-0.39, 0.29) is 6.03 Å². The first kappa shape index (κ1) is 11.3. The van der Waals surface area contributed by atoms with Crippen molar-refractivity contribution in [2.75, 3.05) is 20.1 Å². The van der Waals surface area contributed by atoms with E-state index in [1.807, 2.05) is 0 Å². The summed E-state index contributed by atoms with van der Waals surface area (Å²) in [6.45, 7) is 1.62. The van der Waals surface area contributed by atoms with Gasteiger partial charge in [0.25, 0.3) is 0 Å². The zero-order valence-corrected chi connectivity index (χ0v) is 8.88. The average Bonchev–Trinajstić information content (AvgIpc) is 2.26. The van der Waals surface area contributed by atoms with E-state index in [1.165, 1.54) is 25.7 Å². The number of nitrogens with two attached hydrogens (primary N) is 1. The van der Waals surface area contributed by atoms with E-state index in [2.05, 4.69) is 10.6 Å². The van der Waals surface area contributed by atoms with Gasteiger partial charge >= 0.3 is 6.03 Å². The number of urea groups is 1. The number of nitrogens with one attached hydrogen (secondary N) is 2. The zero-order valence-electron chi connectivity index (χ0n) is 8.88. The molecule has 2 amide bonds. The lowest BCUT2D eigenvalue weighted by Crippen LogP contribution is -2.37. The molecule has 0 heterocycles. The minimum atomic E-state index is -0.0778. The van der Waals surface area contributed by atoms with Crippen LogP contribution in [0, 0.1) is 11.8 Å². The van der Waals surface area contributed by atoms with Crippen LogP contribution in [-0.4, -0.2) is 26.2 Å². The van der Waals surface area contributed by atoms with Crippen LogP contribution in [0.5, 0.6) is 0 Å². The number of hydrogen-bond donors (Lipinski definition) is 3. The summed E-state index contributed by atoms with van der Waals surface area (Å²) in [6.07, 6.45) is 4.84. The van der Waals surface area contributed by atoms with E-state index in [0.717, 1.165) is 13.1 Å². The second-order valence-electron chi connectivity index (χ2n) is 4.08. The molecule has 0 aromatic rings. The molecule has 0 unspecified atom stereocenters. The molecule has 1 fully saturated rings. The van der Waals surface area contributed by atoms with Crippen LogP contribution in [0.15, 0.2) is 0 Å². The highest BCUT2D eigenvalue weighted by atomic mass is 16.2. The fourth-order valence-electron chi connectivity index (χ4n) is 2.00. The van der Waals surface area contributed by atoms with Crippen molar-refractivity contribution in [3.63, 3.8) is 0 Å². The number of hydrogen-bond acceptors (Lipinski definition) is 2. The van der Waals surface area contributed by atoms with Gasteiger partial charge in [-0.3, -0.25) is 0 Å². The highest BCUT2D eigenvalue weighted by molar-refractivity contribution is 5.73. The lowest BCUT2D eigenvalue weighted by molar-refractivity contribution is 0.233. The molecule has 0 saturated heterocycles. The Bertz CT molecular complexity index is 176. The summed E-state index contributed by atoms with van der Waals surface area (Å²) in [5.41, 5.74) is 5.61. The van der Waals surface area contributed by atoms with Crippen molar-refractivity contribution >= 4 is 6.03 Å². The Morgan fingerprint density at radius 1 is 1.29 bits per heavy atom. The molecule has 1 aliphatic carbocycles. The molecule has 0 aromatic heterocycles. The van der Waals surface area contributed by atoms with Gasteiger partial charge in [-0.1, -0.05) is 0 Å². The first-order valence-electron chi connectivity index (χ1n) is 5.42. The molecular weight excluding hydrogens is 178 g/mol. The molecule has 4 nitrogen and oxygen atoms in total. The van der Waals surface area contributed by atoms with Crippen LogP contribution in [0.4, 0.5) is 4.79 Å². The predicted molar refractivity (Wildman–Crippen MR) is 57.0 cm³/mol. The van der Waals surface area contributed by atoms with Crippen LogP contribution in [-0.2, 0) is 0 Å². The topological polar surface area (TPSA) is 67.2 Å². The molecule has 4 N–H and O–H groups in total. The molecule has 1 saturated carbocycles. The molecule has 14 heavy (non-hydrogen) atoms. The molecule has 4 heteroatoms. The Morgan fingerprint density at radius 2 is 1.86 bits per heavy atom. The second-order valence-corrected chi connectivity index (χ2v) is 4.08. The third-order valence-corrected chi connectivity index (χ3v) is 3.08. The number of carbonyl (C=O) groups is 1. The smallest absolute Gasteiger partial charge is 0.314 e. The van der Waals surface area contributed by atoms with E-state index in [0.29, 0.717) is 11.8 Å². The van der Waals surface area contributed by atoms with Crippen molar-refractivity contribution in [3.8, 4) is 0 Å². The molecular formula is C10H21N3O.